The van der Waals surface area contributed by atoms with Crippen molar-refractivity contribution in [3.05, 3.63) is 28.8 Å². The van der Waals surface area contributed by atoms with Crippen molar-refractivity contribution in [3.63, 3.8) is 0 Å². The quantitative estimate of drug-likeness (QED) is 0.868. The van der Waals surface area contributed by atoms with Crippen molar-refractivity contribution in [2.24, 2.45) is 5.92 Å². The summed E-state index contributed by atoms with van der Waals surface area (Å²) in [6, 6.07) is 0. The highest BCUT2D eigenvalue weighted by atomic mass is 16.3. The second kappa shape index (κ2) is 7.44. The molecule has 1 aliphatic rings. The standard InChI is InChI=1S/C17H28N6O/c1-4-23-14(3)17(13(2)19-23)11-21-7-5-6-15(8-21)9-22-10-16(12-24)18-20-22/h10,15,24H,4-9,11-12H2,1-3H3/t15-/m1/s1. The maximum Gasteiger partial charge on any atom is 0.108 e. The zero-order chi connectivity index (χ0) is 17.1. The molecule has 0 bridgehead atoms. The van der Waals surface area contributed by atoms with Gasteiger partial charge in [-0.2, -0.15) is 5.10 Å². The smallest absolute Gasteiger partial charge is 0.108 e. The Morgan fingerprint density at radius 2 is 2.17 bits per heavy atom. The number of nitrogens with zero attached hydrogens (tertiary/aromatic N) is 6. The molecule has 1 N–H and O–H groups in total. The third-order valence-electron chi connectivity index (χ3n) is 5.01. The zero-order valence-electron chi connectivity index (χ0n) is 14.9. The molecule has 3 heterocycles. The predicted molar refractivity (Wildman–Crippen MR) is 91.3 cm³/mol. The monoisotopic (exact) mass is 332 g/mol. The highest BCUT2D eigenvalue weighted by Crippen LogP contribution is 2.22. The fraction of sp³-hybridized carbons (Fsp3) is 0.706. The molecule has 2 aromatic rings. The lowest BCUT2D eigenvalue weighted by molar-refractivity contribution is 0.152. The molecule has 0 unspecified atom stereocenters. The molecule has 1 fully saturated rings. The molecule has 3 rings (SSSR count). The third-order valence-corrected chi connectivity index (χ3v) is 5.01. The van der Waals surface area contributed by atoms with Crippen LogP contribution in [0.25, 0.3) is 0 Å². The Morgan fingerprint density at radius 1 is 1.33 bits per heavy atom. The van der Waals surface area contributed by atoms with E-state index in [9.17, 15) is 0 Å². The summed E-state index contributed by atoms with van der Waals surface area (Å²) in [5.74, 6) is 0.578. The molecule has 24 heavy (non-hydrogen) atoms. The third kappa shape index (κ3) is 3.67. The molecular weight excluding hydrogens is 304 g/mol. The predicted octanol–water partition coefficient (Wildman–Crippen LogP) is 1.52. The van der Waals surface area contributed by atoms with Gasteiger partial charge in [-0.3, -0.25) is 14.3 Å². The van der Waals surface area contributed by atoms with Crippen molar-refractivity contribution >= 4 is 0 Å². The zero-order valence-corrected chi connectivity index (χ0v) is 14.9. The van der Waals surface area contributed by atoms with Crippen molar-refractivity contribution < 1.29 is 5.11 Å². The lowest BCUT2D eigenvalue weighted by Gasteiger charge is -2.32. The van der Waals surface area contributed by atoms with Crippen LogP contribution in [0.1, 0.15) is 42.4 Å². The van der Waals surface area contributed by atoms with Gasteiger partial charge < -0.3 is 5.11 Å². The molecule has 1 atom stereocenters. The van der Waals surface area contributed by atoms with Gasteiger partial charge in [-0.25, -0.2) is 0 Å². The van der Waals surface area contributed by atoms with Crippen LogP contribution in [-0.4, -0.2) is 47.9 Å². The first kappa shape index (κ1) is 17.1. The minimum absolute atomic E-state index is 0.0449. The number of rotatable bonds is 6. The van der Waals surface area contributed by atoms with Gasteiger partial charge in [0.15, 0.2) is 0 Å². The van der Waals surface area contributed by atoms with E-state index in [2.05, 4.69) is 45.8 Å². The van der Waals surface area contributed by atoms with Crippen molar-refractivity contribution in [2.75, 3.05) is 13.1 Å². The maximum atomic E-state index is 9.11. The summed E-state index contributed by atoms with van der Waals surface area (Å²) in [7, 11) is 0. The number of aryl methyl sites for hydroxylation is 2. The van der Waals surface area contributed by atoms with E-state index in [-0.39, 0.29) is 6.61 Å². The second-order valence-electron chi connectivity index (χ2n) is 6.80. The minimum atomic E-state index is -0.0449. The molecule has 0 radical (unpaired) electrons. The van der Waals surface area contributed by atoms with E-state index in [4.69, 9.17) is 5.11 Å². The molecule has 0 aromatic carbocycles. The first-order valence-corrected chi connectivity index (χ1v) is 8.85. The average molecular weight is 332 g/mol. The molecule has 7 heteroatoms. The molecule has 0 aliphatic carbocycles. The normalized spacial score (nSPS) is 19.1. The van der Waals surface area contributed by atoms with Crippen molar-refractivity contribution in [1.82, 2.24) is 29.7 Å². The average Bonchev–Trinajstić information content (AvgIpc) is 3.14. The molecule has 1 aliphatic heterocycles. The van der Waals surface area contributed by atoms with Crippen LogP contribution in [0.15, 0.2) is 6.20 Å². The van der Waals surface area contributed by atoms with Gasteiger partial charge in [0.05, 0.1) is 18.5 Å². The molecule has 1 saturated heterocycles. The van der Waals surface area contributed by atoms with Crippen LogP contribution < -0.4 is 0 Å². The van der Waals surface area contributed by atoms with Gasteiger partial charge >= 0.3 is 0 Å². The second-order valence-corrected chi connectivity index (χ2v) is 6.80. The fourth-order valence-electron chi connectivity index (χ4n) is 3.70. The fourth-order valence-corrected chi connectivity index (χ4v) is 3.70. The van der Waals surface area contributed by atoms with Crippen LogP contribution in [0.2, 0.25) is 0 Å². The molecule has 2 aromatic heterocycles. The van der Waals surface area contributed by atoms with E-state index in [1.807, 2.05) is 10.9 Å². The van der Waals surface area contributed by atoms with Gasteiger partial charge in [-0.1, -0.05) is 5.21 Å². The molecular formula is C17H28N6O. The number of hydrogen-bond donors (Lipinski definition) is 1. The molecule has 0 amide bonds. The van der Waals surface area contributed by atoms with E-state index >= 15 is 0 Å². The van der Waals surface area contributed by atoms with Crippen LogP contribution in [0, 0.1) is 19.8 Å². The summed E-state index contributed by atoms with van der Waals surface area (Å²) < 4.78 is 3.96. The van der Waals surface area contributed by atoms with Gasteiger partial charge in [0, 0.05) is 37.4 Å². The largest absolute Gasteiger partial charge is 0.390 e. The Bertz CT molecular complexity index is 677. The van der Waals surface area contributed by atoms with Gasteiger partial charge in [-0.15, -0.1) is 5.10 Å². The number of aromatic nitrogens is 5. The number of likely N-dealkylation sites (tertiary alicyclic amines) is 1. The SMILES string of the molecule is CCn1nc(C)c(CN2CCC[C@@H](Cn3cc(CO)nn3)C2)c1C. The summed E-state index contributed by atoms with van der Waals surface area (Å²) in [5, 5.41) is 21.8. The van der Waals surface area contributed by atoms with E-state index < -0.39 is 0 Å². The lowest BCUT2D eigenvalue weighted by atomic mass is 9.97. The number of piperidine rings is 1. The van der Waals surface area contributed by atoms with Gasteiger partial charge in [-0.05, 0) is 46.1 Å². The topological polar surface area (TPSA) is 72.0 Å². The van der Waals surface area contributed by atoms with Crippen LogP contribution in [0.3, 0.4) is 0 Å². The number of hydrogen-bond acceptors (Lipinski definition) is 5. The van der Waals surface area contributed by atoms with Crippen LogP contribution in [-0.2, 0) is 26.2 Å². The Labute approximate surface area is 143 Å². The first-order chi connectivity index (χ1) is 11.6. The summed E-state index contributed by atoms with van der Waals surface area (Å²) in [4.78, 5) is 2.54. The van der Waals surface area contributed by atoms with Crippen LogP contribution >= 0.6 is 0 Å². The Morgan fingerprint density at radius 3 is 2.83 bits per heavy atom. The summed E-state index contributed by atoms with van der Waals surface area (Å²) in [6.07, 6.45) is 4.28. The summed E-state index contributed by atoms with van der Waals surface area (Å²) in [5.41, 5.74) is 4.46. The van der Waals surface area contributed by atoms with Crippen LogP contribution in [0.4, 0.5) is 0 Å². The lowest BCUT2D eigenvalue weighted by Crippen LogP contribution is -2.37. The highest BCUT2D eigenvalue weighted by Gasteiger charge is 2.23. The van der Waals surface area contributed by atoms with E-state index in [0.717, 1.165) is 38.4 Å². The van der Waals surface area contributed by atoms with Crippen molar-refractivity contribution in [1.29, 1.82) is 0 Å². The van der Waals surface area contributed by atoms with Crippen molar-refractivity contribution in [2.45, 2.75) is 59.9 Å². The van der Waals surface area contributed by atoms with E-state index in [1.54, 1.807) is 0 Å². The maximum absolute atomic E-state index is 9.11. The van der Waals surface area contributed by atoms with E-state index in [0.29, 0.717) is 11.6 Å². The van der Waals surface area contributed by atoms with Gasteiger partial charge in [0.25, 0.3) is 0 Å². The summed E-state index contributed by atoms with van der Waals surface area (Å²) in [6.45, 7) is 11.4. The van der Waals surface area contributed by atoms with Gasteiger partial charge in [0.1, 0.15) is 5.69 Å². The van der Waals surface area contributed by atoms with Crippen molar-refractivity contribution in [3.8, 4) is 0 Å². The highest BCUT2D eigenvalue weighted by molar-refractivity contribution is 5.24. The minimum Gasteiger partial charge on any atom is -0.390 e. The molecule has 0 spiro atoms. The first-order valence-electron chi connectivity index (χ1n) is 8.85. The van der Waals surface area contributed by atoms with E-state index in [1.165, 1.54) is 24.1 Å². The number of aliphatic hydroxyl groups is 1. The Balaban J connectivity index is 1.62. The number of aliphatic hydroxyl groups excluding tert-OH is 1. The molecule has 132 valence electrons. The molecule has 0 saturated carbocycles. The van der Waals surface area contributed by atoms with Crippen LogP contribution in [0.5, 0.6) is 0 Å². The molecule has 7 nitrogen and oxygen atoms in total. The Hall–Kier alpha value is -1.73. The van der Waals surface area contributed by atoms with Gasteiger partial charge in [0.2, 0.25) is 0 Å². The Kier molecular flexibility index (Phi) is 5.30. The summed E-state index contributed by atoms with van der Waals surface area (Å²) >= 11 is 0.